The van der Waals surface area contributed by atoms with E-state index >= 15 is 4.39 Å². The number of nitrogens with zero attached hydrogens (tertiary/aromatic N) is 2. The number of hydrogen-bond acceptors (Lipinski definition) is 6. The van der Waals surface area contributed by atoms with E-state index in [1.807, 2.05) is 11.4 Å². The number of nitrogens with one attached hydrogen (secondary N) is 1. The molecule has 0 unspecified atom stereocenters. The second-order valence-electron chi connectivity index (χ2n) is 7.30. The van der Waals surface area contributed by atoms with Crippen molar-refractivity contribution in [3.8, 4) is 5.75 Å². The molecule has 2 fully saturated rings. The predicted molar refractivity (Wildman–Crippen MR) is 97.6 cm³/mol. The Labute approximate surface area is 156 Å². The lowest BCUT2D eigenvalue weighted by molar-refractivity contribution is -0.149. The SMILES string of the molecule is CO/N=C1/CC2(CCN(C(=O)C3(F)CCNCC3)CC2)Oc2ccsc21. The highest BCUT2D eigenvalue weighted by Gasteiger charge is 2.47. The number of likely N-dealkylation sites (tertiary alicyclic amines) is 1. The van der Waals surface area contributed by atoms with Crippen LogP contribution in [0.3, 0.4) is 0 Å². The molecule has 0 bridgehead atoms. The molecule has 4 rings (SSSR count). The summed E-state index contributed by atoms with van der Waals surface area (Å²) in [6.45, 7) is 2.14. The number of amides is 1. The van der Waals surface area contributed by atoms with E-state index in [0.29, 0.717) is 45.4 Å². The van der Waals surface area contributed by atoms with E-state index in [0.717, 1.165) is 16.3 Å². The molecule has 0 aromatic carbocycles. The largest absolute Gasteiger partial charge is 0.485 e. The number of halogens is 1. The summed E-state index contributed by atoms with van der Waals surface area (Å²) < 4.78 is 21.3. The molecule has 1 spiro atoms. The predicted octanol–water partition coefficient (Wildman–Crippen LogP) is 2.33. The van der Waals surface area contributed by atoms with Gasteiger partial charge in [0.15, 0.2) is 5.67 Å². The van der Waals surface area contributed by atoms with E-state index in [2.05, 4.69) is 10.5 Å². The lowest BCUT2D eigenvalue weighted by Crippen LogP contribution is -2.57. The quantitative estimate of drug-likeness (QED) is 0.799. The van der Waals surface area contributed by atoms with Crippen molar-refractivity contribution in [3.63, 3.8) is 0 Å². The van der Waals surface area contributed by atoms with Gasteiger partial charge in [0.05, 0.1) is 4.88 Å². The average molecular weight is 381 g/mol. The first-order valence-electron chi connectivity index (χ1n) is 9.11. The van der Waals surface area contributed by atoms with Crippen molar-refractivity contribution in [2.75, 3.05) is 33.3 Å². The molecule has 8 heteroatoms. The number of hydrogen-bond donors (Lipinski definition) is 1. The lowest BCUT2D eigenvalue weighted by Gasteiger charge is -2.45. The fourth-order valence-corrected chi connectivity index (χ4v) is 4.94. The summed E-state index contributed by atoms with van der Waals surface area (Å²) in [5.41, 5.74) is -1.21. The van der Waals surface area contributed by atoms with Crippen molar-refractivity contribution < 1.29 is 18.8 Å². The van der Waals surface area contributed by atoms with E-state index in [1.54, 1.807) is 23.3 Å². The van der Waals surface area contributed by atoms with Gasteiger partial charge in [-0.2, -0.15) is 0 Å². The van der Waals surface area contributed by atoms with Crippen molar-refractivity contribution >= 4 is 23.0 Å². The minimum atomic E-state index is -1.72. The Kier molecular flexibility index (Phi) is 4.64. The van der Waals surface area contributed by atoms with Gasteiger partial charge in [0.2, 0.25) is 0 Å². The minimum Gasteiger partial charge on any atom is -0.485 e. The molecule has 4 heterocycles. The minimum absolute atomic E-state index is 0.257. The number of rotatable bonds is 2. The zero-order chi connectivity index (χ0) is 18.2. The second-order valence-corrected chi connectivity index (χ2v) is 8.22. The second kappa shape index (κ2) is 6.81. The first-order chi connectivity index (χ1) is 12.6. The number of oxime groups is 1. The van der Waals surface area contributed by atoms with Crippen LogP contribution in [0.5, 0.6) is 5.75 Å². The summed E-state index contributed by atoms with van der Waals surface area (Å²) in [5.74, 6) is 0.476. The molecule has 1 aromatic heterocycles. The maximum Gasteiger partial charge on any atom is 0.260 e. The molecule has 0 atom stereocenters. The molecule has 0 saturated carbocycles. The summed E-state index contributed by atoms with van der Waals surface area (Å²) in [6.07, 6.45) is 2.51. The van der Waals surface area contributed by atoms with E-state index in [1.165, 1.54) is 0 Å². The molecular formula is C18H24FN3O3S. The third-order valence-electron chi connectivity index (χ3n) is 5.65. The Balaban J connectivity index is 1.46. The first-order valence-corrected chi connectivity index (χ1v) is 9.99. The molecule has 0 aliphatic carbocycles. The van der Waals surface area contributed by atoms with Crippen LogP contribution >= 0.6 is 11.3 Å². The Morgan fingerprint density at radius 2 is 2.08 bits per heavy atom. The summed E-state index contributed by atoms with van der Waals surface area (Å²) in [5, 5.41) is 9.28. The maximum absolute atomic E-state index is 15.0. The number of alkyl halides is 1. The number of carbonyl (C=O) groups is 1. The molecule has 142 valence electrons. The third kappa shape index (κ3) is 3.09. The number of ether oxygens (including phenoxy) is 1. The lowest BCUT2D eigenvalue weighted by atomic mass is 9.83. The highest BCUT2D eigenvalue weighted by atomic mass is 32.1. The van der Waals surface area contributed by atoms with Crippen LogP contribution in [0.2, 0.25) is 0 Å². The van der Waals surface area contributed by atoms with E-state index < -0.39 is 5.67 Å². The van der Waals surface area contributed by atoms with Crippen molar-refractivity contribution in [3.05, 3.63) is 16.3 Å². The molecular weight excluding hydrogens is 357 g/mol. The van der Waals surface area contributed by atoms with E-state index in [4.69, 9.17) is 9.57 Å². The van der Waals surface area contributed by atoms with Gasteiger partial charge in [-0.3, -0.25) is 4.79 Å². The summed E-state index contributed by atoms with van der Waals surface area (Å²) >= 11 is 1.59. The van der Waals surface area contributed by atoms with Gasteiger partial charge in [-0.05, 0) is 24.5 Å². The summed E-state index contributed by atoms with van der Waals surface area (Å²) in [4.78, 5) is 20.4. The normalized spacial score (nSPS) is 25.6. The first kappa shape index (κ1) is 17.7. The Morgan fingerprint density at radius 3 is 2.77 bits per heavy atom. The Bertz CT molecular complexity index is 706. The average Bonchev–Trinajstić information content (AvgIpc) is 3.11. The number of carbonyl (C=O) groups excluding carboxylic acids is 1. The van der Waals surface area contributed by atoms with Gasteiger partial charge in [0.1, 0.15) is 24.2 Å². The van der Waals surface area contributed by atoms with Gasteiger partial charge < -0.3 is 19.8 Å². The van der Waals surface area contributed by atoms with Crippen molar-refractivity contribution in [2.24, 2.45) is 5.16 Å². The fraction of sp³-hybridized carbons (Fsp3) is 0.667. The molecule has 26 heavy (non-hydrogen) atoms. The van der Waals surface area contributed by atoms with Crippen molar-refractivity contribution in [1.82, 2.24) is 10.2 Å². The number of fused-ring (bicyclic) bond motifs is 1. The Hall–Kier alpha value is -1.67. The van der Waals surface area contributed by atoms with Gasteiger partial charge in [-0.15, -0.1) is 11.3 Å². The van der Waals surface area contributed by atoms with Crippen molar-refractivity contribution in [2.45, 2.75) is 43.4 Å². The van der Waals surface area contributed by atoms with Crippen LogP contribution in [-0.4, -0.2) is 61.1 Å². The molecule has 0 radical (unpaired) electrons. The zero-order valence-corrected chi connectivity index (χ0v) is 15.7. The molecule has 1 amide bonds. The summed E-state index contributed by atoms with van der Waals surface area (Å²) in [7, 11) is 1.55. The van der Waals surface area contributed by atoms with Gasteiger partial charge in [0.25, 0.3) is 5.91 Å². The summed E-state index contributed by atoms with van der Waals surface area (Å²) in [6, 6.07) is 1.95. The van der Waals surface area contributed by atoms with Crippen LogP contribution in [0, 0.1) is 0 Å². The van der Waals surface area contributed by atoms with Crippen LogP contribution in [0.4, 0.5) is 4.39 Å². The van der Waals surface area contributed by atoms with Gasteiger partial charge in [0, 0.05) is 45.2 Å². The molecule has 3 aliphatic heterocycles. The highest BCUT2D eigenvalue weighted by Crippen LogP contribution is 2.42. The van der Waals surface area contributed by atoms with Crippen LogP contribution in [0.1, 0.15) is 37.0 Å². The van der Waals surface area contributed by atoms with Gasteiger partial charge in [-0.25, -0.2) is 4.39 Å². The van der Waals surface area contributed by atoms with Crippen molar-refractivity contribution in [1.29, 1.82) is 0 Å². The topological polar surface area (TPSA) is 63.2 Å². The molecule has 6 nitrogen and oxygen atoms in total. The fourth-order valence-electron chi connectivity index (χ4n) is 4.14. The number of piperidine rings is 2. The van der Waals surface area contributed by atoms with Crippen LogP contribution in [0.15, 0.2) is 16.6 Å². The van der Waals surface area contributed by atoms with Gasteiger partial charge >= 0.3 is 0 Å². The molecule has 3 aliphatic rings. The van der Waals surface area contributed by atoms with E-state index in [-0.39, 0.29) is 24.3 Å². The third-order valence-corrected chi connectivity index (χ3v) is 6.59. The van der Waals surface area contributed by atoms with E-state index in [9.17, 15) is 4.79 Å². The zero-order valence-electron chi connectivity index (χ0n) is 14.9. The standard InChI is InChI=1S/C18H24FN3O3S/c1-24-21-13-12-17(25-14-2-11-26-15(13)14)5-9-22(10-6-17)16(23)18(19)3-7-20-8-4-18/h2,11,20H,3-10,12H2,1H3/b21-13-. The molecule has 1 aromatic rings. The smallest absolute Gasteiger partial charge is 0.260 e. The maximum atomic E-state index is 15.0. The highest BCUT2D eigenvalue weighted by molar-refractivity contribution is 7.12. The van der Waals surface area contributed by atoms with Gasteiger partial charge in [-0.1, -0.05) is 5.16 Å². The molecule has 1 N–H and O–H groups in total. The van der Waals surface area contributed by atoms with Crippen LogP contribution in [0.25, 0.3) is 0 Å². The number of thiophene rings is 1. The van der Waals surface area contributed by atoms with Crippen LogP contribution < -0.4 is 10.1 Å². The monoisotopic (exact) mass is 381 g/mol. The van der Waals surface area contributed by atoms with Crippen LogP contribution in [-0.2, 0) is 9.63 Å². The molecule has 2 saturated heterocycles. The Morgan fingerprint density at radius 1 is 1.35 bits per heavy atom.